The van der Waals surface area contributed by atoms with E-state index >= 15 is 0 Å². The van der Waals surface area contributed by atoms with Crippen molar-refractivity contribution in [2.75, 3.05) is 0 Å². The van der Waals surface area contributed by atoms with Gasteiger partial charge in [-0.2, -0.15) is 0 Å². The van der Waals surface area contributed by atoms with E-state index in [1.165, 1.54) is 12.1 Å². The number of hydrogen-bond acceptors (Lipinski definition) is 4. The molecule has 4 nitrogen and oxygen atoms in total. The van der Waals surface area contributed by atoms with E-state index in [0.717, 1.165) is 6.92 Å². The van der Waals surface area contributed by atoms with Crippen molar-refractivity contribution in [1.29, 1.82) is 0 Å². The molecule has 0 fully saturated rings. The van der Waals surface area contributed by atoms with Crippen molar-refractivity contribution in [2.24, 2.45) is 5.73 Å². The van der Waals surface area contributed by atoms with Crippen LogP contribution in [-0.4, -0.2) is 19.6 Å². The minimum Gasteiger partial charge on any atom is -0.309 e. The van der Waals surface area contributed by atoms with Gasteiger partial charge in [-0.15, -0.1) is 0 Å². The van der Waals surface area contributed by atoms with Crippen LogP contribution in [0.15, 0.2) is 35.2 Å². The van der Waals surface area contributed by atoms with E-state index in [2.05, 4.69) is 0 Å². The average molecular weight is 213 g/mol. The van der Waals surface area contributed by atoms with Gasteiger partial charge in [0, 0.05) is 0 Å². The third-order valence-electron chi connectivity index (χ3n) is 1.81. The fraction of sp³-hybridized carbons (Fsp3) is 0.222. The second-order valence-corrected chi connectivity index (χ2v) is 4.96. The number of nitrogens with two attached hydrogens (primary N) is 1. The van der Waals surface area contributed by atoms with Gasteiger partial charge in [-0.1, -0.05) is 18.2 Å². The maximum atomic E-state index is 11.6. The Morgan fingerprint density at radius 3 is 2.21 bits per heavy atom. The minimum absolute atomic E-state index is 0.0719. The Bertz CT molecular complexity index is 425. The van der Waals surface area contributed by atoms with Gasteiger partial charge in [0.25, 0.3) is 0 Å². The first-order valence-electron chi connectivity index (χ1n) is 4.01. The van der Waals surface area contributed by atoms with E-state index in [1.54, 1.807) is 18.2 Å². The molecule has 0 spiro atoms. The lowest BCUT2D eigenvalue weighted by Gasteiger charge is -2.08. The first-order chi connectivity index (χ1) is 6.46. The molecule has 1 rings (SSSR count). The van der Waals surface area contributed by atoms with Crippen LogP contribution in [0.4, 0.5) is 0 Å². The SMILES string of the molecule is CC(=O)C(N)S(=O)(=O)c1ccccc1. The summed E-state index contributed by atoms with van der Waals surface area (Å²) in [5, 5.41) is -1.47. The number of rotatable bonds is 3. The highest BCUT2D eigenvalue weighted by molar-refractivity contribution is 7.92. The molecular formula is C9H11NO3S. The second kappa shape index (κ2) is 3.89. The normalized spacial score (nSPS) is 13.6. The smallest absolute Gasteiger partial charge is 0.201 e. The van der Waals surface area contributed by atoms with Gasteiger partial charge in [-0.25, -0.2) is 8.42 Å². The predicted molar refractivity (Wildman–Crippen MR) is 52.3 cm³/mol. The van der Waals surface area contributed by atoms with Gasteiger partial charge in [-0.05, 0) is 19.1 Å². The van der Waals surface area contributed by atoms with E-state index in [4.69, 9.17) is 5.73 Å². The number of carbonyl (C=O) groups excluding carboxylic acids is 1. The van der Waals surface area contributed by atoms with Crippen molar-refractivity contribution in [1.82, 2.24) is 0 Å². The van der Waals surface area contributed by atoms with Crippen LogP contribution in [-0.2, 0) is 14.6 Å². The van der Waals surface area contributed by atoms with Crippen LogP contribution in [0.2, 0.25) is 0 Å². The molecule has 0 amide bonds. The van der Waals surface area contributed by atoms with Crippen molar-refractivity contribution in [3.05, 3.63) is 30.3 Å². The van der Waals surface area contributed by atoms with Crippen LogP contribution in [0.5, 0.6) is 0 Å². The number of sulfone groups is 1. The molecule has 0 aliphatic heterocycles. The summed E-state index contributed by atoms with van der Waals surface area (Å²) in [5.74, 6) is -0.561. The third-order valence-corrected chi connectivity index (χ3v) is 3.74. The van der Waals surface area contributed by atoms with E-state index in [1.807, 2.05) is 0 Å². The lowest BCUT2D eigenvalue weighted by Crippen LogP contribution is -2.37. The Hall–Kier alpha value is -1.20. The first-order valence-corrected chi connectivity index (χ1v) is 5.56. The zero-order valence-corrected chi connectivity index (χ0v) is 8.49. The molecule has 0 radical (unpaired) electrons. The molecule has 0 aliphatic rings. The van der Waals surface area contributed by atoms with Crippen molar-refractivity contribution < 1.29 is 13.2 Å². The highest BCUT2D eigenvalue weighted by Gasteiger charge is 2.27. The molecule has 0 saturated carbocycles. The second-order valence-electron chi connectivity index (χ2n) is 2.89. The van der Waals surface area contributed by atoms with Crippen LogP contribution in [0, 0.1) is 0 Å². The molecule has 76 valence electrons. The predicted octanol–water partition coefficient (Wildman–Crippen LogP) is 0.334. The molecule has 0 aromatic heterocycles. The molecule has 2 N–H and O–H groups in total. The Balaban J connectivity index is 3.16. The van der Waals surface area contributed by atoms with Crippen LogP contribution in [0.1, 0.15) is 6.92 Å². The summed E-state index contributed by atoms with van der Waals surface area (Å²) in [6, 6.07) is 7.69. The van der Waals surface area contributed by atoms with E-state index in [9.17, 15) is 13.2 Å². The molecular weight excluding hydrogens is 202 g/mol. The Kier molecular flexibility index (Phi) is 3.03. The quantitative estimate of drug-likeness (QED) is 0.785. The van der Waals surface area contributed by atoms with Crippen molar-refractivity contribution in [3.8, 4) is 0 Å². The van der Waals surface area contributed by atoms with Crippen LogP contribution >= 0.6 is 0 Å². The van der Waals surface area contributed by atoms with Gasteiger partial charge in [-0.3, -0.25) is 4.79 Å². The van der Waals surface area contributed by atoms with Crippen LogP contribution in [0.3, 0.4) is 0 Å². The fourth-order valence-electron chi connectivity index (χ4n) is 0.975. The monoisotopic (exact) mass is 213 g/mol. The number of hydrogen-bond donors (Lipinski definition) is 1. The number of Topliss-reactive ketones (excluding diaryl/α,β-unsaturated/α-hetero) is 1. The van der Waals surface area contributed by atoms with Crippen molar-refractivity contribution in [3.63, 3.8) is 0 Å². The highest BCUT2D eigenvalue weighted by atomic mass is 32.2. The molecule has 0 heterocycles. The molecule has 14 heavy (non-hydrogen) atoms. The summed E-state index contributed by atoms with van der Waals surface area (Å²) in [5.41, 5.74) is 5.29. The Morgan fingerprint density at radius 1 is 1.29 bits per heavy atom. The molecule has 1 atom stereocenters. The molecule has 0 saturated heterocycles. The van der Waals surface area contributed by atoms with Gasteiger partial charge in [0.2, 0.25) is 9.84 Å². The standard InChI is InChI=1S/C9H11NO3S/c1-7(11)9(10)14(12,13)8-5-3-2-4-6-8/h2-6,9H,10H2,1H3. The van der Waals surface area contributed by atoms with Crippen LogP contribution in [0.25, 0.3) is 0 Å². The summed E-state index contributed by atoms with van der Waals surface area (Å²) in [6.45, 7) is 1.16. The molecule has 1 aromatic carbocycles. The first kappa shape index (κ1) is 10.9. The summed E-state index contributed by atoms with van der Waals surface area (Å²) in [4.78, 5) is 10.9. The fourth-order valence-corrected chi connectivity index (χ4v) is 2.24. The van der Waals surface area contributed by atoms with Gasteiger partial charge in [0.1, 0.15) is 0 Å². The van der Waals surface area contributed by atoms with Gasteiger partial charge < -0.3 is 5.73 Å². The van der Waals surface area contributed by atoms with E-state index in [0.29, 0.717) is 0 Å². The maximum Gasteiger partial charge on any atom is 0.201 e. The van der Waals surface area contributed by atoms with Gasteiger partial charge >= 0.3 is 0 Å². The largest absolute Gasteiger partial charge is 0.309 e. The summed E-state index contributed by atoms with van der Waals surface area (Å²) < 4.78 is 23.3. The van der Waals surface area contributed by atoms with Crippen molar-refractivity contribution in [2.45, 2.75) is 17.2 Å². The highest BCUT2D eigenvalue weighted by Crippen LogP contribution is 2.12. The summed E-state index contributed by atoms with van der Waals surface area (Å²) in [6.07, 6.45) is 0. The molecule has 0 bridgehead atoms. The topological polar surface area (TPSA) is 77.2 Å². The van der Waals surface area contributed by atoms with E-state index in [-0.39, 0.29) is 4.90 Å². The lowest BCUT2D eigenvalue weighted by molar-refractivity contribution is -0.116. The Morgan fingerprint density at radius 2 is 1.79 bits per heavy atom. The Labute approximate surface area is 82.7 Å². The molecule has 1 unspecified atom stereocenters. The third kappa shape index (κ3) is 2.00. The number of benzene rings is 1. The minimum atomic E-state index is -3.71. The zero-order chi connectivity index (χ0) is 10.8. The molecule has 0 aliphatic carbocycles. The molecule has 1 aromatic rings. The molecule has 5 heteroatoms. The van der Waals surface area contributed by atoms with Gasteiger partial charge in [0.15, 0.2) is 11.2 Å². The maximum absolute atomic E-state index is 11.6. The summed E-state index contributed by atoms with van der Waals surface area (Å²) in [7, 11) is -3.71. The lowest BCUT2D eigenvalue weighted by atomic mass is 10.4. The van der Waals surface area contributed by atoms with Crippen molar-refractivity contribution >= 4 is 15.6 Å². The number of carbonyl (C=O) groups is 1. The zero-order valence-electron chi connectivity index (χ0n) is 7.67. The van der Waals surface area contributed by atoms with Crippen LogP contribution < -0.4 is 5.73 Å². The average Bonchev–Trinajstić information content (AvgIpc) is 2.18. The summed E-state index contributed by atoms with van der Waals surface area (Å²) >= 11 is 0. The van der Waals surface area contributed by atoms with E-state index < -0.39 is 21.0 Å². The van der Waals surface area contributed by atoms with Gasteiger partial charge in [0.05, 0.1) is 4.90 Å². The number of ketones is 1.